The predicted molar refractivity (Wildman–Crippen MR) is 205 cm³/mol. The molecule has 10 aromatic rings. The number of amidine groups is 1. The van der Waals surface area contributed by atoms with Crippen molar-refractivity contribution < 1.29 is 13.3 Å². The van der Waals surface area contributed by atoms with Crippen molar-refractivity contribution in [2.75, 3.05) is 0 Å². The second kappa shape index (κ2) is 10.9. The standard InChI is InChI=1S/C45H29N3O3/c1-2-9-26(10-3-1)43-46-44(29-19-22-33-31-12-5-7-16-38(31)50-40(33)25-29)48-45(47-43)36-14-8-13-35-34-21-18-28(24-41(34)51-42(35)36)27-17-20-32-30-11-4-6-15-37(30)49-39(32)23-27/h1-25,43,45,47H,(H,46,48). The number of hydrogen-bond acceptors (Lipinski definition) is 6. The second-order valence-electron chi connectivity index (χ2n) is 13.2. The van der Waals surface area contributed by atoms with Crippen LogP contribution in [0, 0.1) is 0 Å². The maximum absolute atomic E-state index is 6.75. The first kappa shape index (κ1) is 28.2. The molecule has 0 spiro atoms. The van der Waals surface area contributed by atoms with E-state index in [1.54, 1.807) is 0 Å². The Morgan fingerprint density at radius 1 is 0.431 bits per heavy atom. The molecule has 0 fully saturated rings. The van der Waals surface area contributed by atoms with Crippen molar-refractivity contribution >= 4 is 71.7 Å². The second-order valence-corrected chi connectivity index (χ2v) is 13.2. The molecule has 0 saturated heterocycles. The third-order valence-corrected chi connectivity index (χ3v) is 10.2. The third kappa shape index (κ3) is 4.50. The summed E-state index contributed by atoms with van der Waals surface area (Å²) in [6.45, 7) is 0. The van der Waals surface area contributed by atoms with E-state index in [9.17, 15) is 0 Å². The SMILES string of the molecule is c1ccc(C2N=C(c3ccc4c(c3)oc3ccccc34)NC(c3cccc4c3oc3cc(-c5ccc6c(c5)oc5ccccc56)ccc34)N2)cc1. The molecular formula is C45H29N3O3. The fraction of sp³-hybridized carbons (Fsp3) is 0.0444. The van der Waals surface area contributed by atoms with Gasteiger partial charge >= 0.3 is 0 Å². The zero-order valence-corrected chi connectivity index (χ0v) is 27.3. The minimum Gasteiger partial charge on any atom is -0.456 e. The summed E-state index contributed by atoms with van der Waals surface area (Å²) in [6, 6.07) is 52.2. The molecule has 11 rings (SSSR count). The monoisotopic (exact) mass is 659 g/mol. The van der Waals surface area contributed by atoms with E-state index in [4.69, 9.17) is 18.2 Å². The van der Waals surface area contributed by atoms with E-state index in [1.165, 1.54) is 0 Å². The molecule has 0 bridgehead atoms. The van der Waals surface area contributed by atoms with Crippen LogP contribution in [0.5, 0.6) is 0 Å². The van der Waals surface area contributed by atoms with Crippen molar-refractivity contribution in [1.82, 2.24) is 10.6 Å². The first-order chi connectivity index (χ1) is 25.2. The average Bonchev–Trinajstić information content (AvgIpc) is 3.88. The van der Waals surface area contributed by atoms with E-state index in [1.807, 2.05) is 54.6 Å². The van der Waals surface area contributed by atoms with E-state index in [-0.39, 0.29) is 12.3 Å². The summed E-state index contributed by atoms with van der Waals surface area (Å²) in [4.78, 5) is 5.18. The lowest BCUT2D eigenvalue weighted by atomic mass is 10.0. The van der Waals surface area contributed by atoms with Gasteiger partial charge in [-0.25, -0.2) is 4.99 Å². The number of rotatable bonds is 4. The van der Waals surface area contributed by atoms with Gasteiger partial charge in [-0.1, -0.05) is 103 Å². The highest BCUT2D eigenvalue weighted by molar-refractivity contribution is 6.10. The number of aliphatic imine (C=N–C) groups is 1. The molecule has 0 amide bonds. The Balaban J connectivity index is 1.00. The average molecular weight is 660 g/mol. The first-order valence-electron chi connectivity index (χ1n) is 17.2. The lowest BCUT2D eigenvalue weighted by Gasteiger charge is -2.32. The van der Waals surface area contributed by atoms with Crippen LogP contribution in [0.4, 0.5) is 0 Å². The lowest BCUT2D eigenvalue weighted by molar-refractivity contribution is 0.408. The molecule has 2 N–H and O–H groups in total. The zero-order valence-electron chi connectivity index (χ0n) is 27.3. The molecule has 7 aromatic carbocycles. The number of furan rings is 3. The van der Waals surface area contributed by atoms with Crippen LogP contribution >= 0.6 is 0 Å². The summed E-state index contributed by atoms with van der Waals surface area (Å²) in [7, 11) is 0. The van der Waals surface area contributed by atoms with E-state index < -0.39 is 0 Å². The molecular weight excluding hydrogens is 631 g/mol. The Morgan fingerprint density at radius 2 is 0.961 bits per heavy atom. The Morgan fingerprint density at radius 3 is 1.65 bits per heavy atom. The van der Waals surface area contributed by atoms with Gasteiger partial charge in [0.25, 0.3) is 0 Å². The van der Waals surface area contributed by atoms with Gasteiger partial charge in [0.2, 0.25) is 0 Å². The smallest absolute Gasteiger partial charge is 0.142 e. The minimum atomic E-state index is -0.284. The molecule has 1 aliphatic rings. The van der Waals surface area contributed by atoms with Gasteiger partial charge in [0.05, 0.1) is 0 Å². The predicted octanol–water partition coefficient (Wildman–Crippen LogP) is 11.4. The van der Waals surface area contributed by atoms with Crippen LogP contribution in [-0.2, 0) is 0 Å². The van der Waals surface area contributed by atoms with Gasteiger partial charge in [0, 0.05) is 43.4 Å². The van der Waals surface area contributed by atoms with Crippen LogP contribution in [0.2, 0.25) is 0 Å². The Bertz CT molecular complexity index is 3000. The van der Waals surface area contributed by atoms with Gasteiger partial charge in [0.1, 0.15) is 51.7 Å². The minimum absolute atomic E-state index is 0.279. The van der Waals surface area contributed by atoms with Gasteiger partial charge < -0.3 is 18.6 Å². The summed E-state index contributed by atoms with van der Waals surface area (Å²) < 4.78 is 19.2. The zero-order chi connectivity index (χ0) is 33.5. The van der Waals surface area contributed by atoms with Crippen molar-refractivity contribution in [1.29, 1.82) is 0 Å². The number of para-hydroxylation sites is 3. The van der Waals surface area contributed by atoms with Gasteiger partial charge in [-0.2, -0.15) is 0 Å². The molecule has 4 heterocycles. The van der Waals surface area contributed by atoms with Crippen molar-refractivity contribution in [2.45, 2.75) is 12.3 Å². The Hall–Kier alpha value is -6.63. The first-order valence-corrected chi connectivity index (χ1v) is 17.2. The van der Waals surface area contributed by atoms with E-state index in [2.05, 4.69) is 108 Å². The lowest BCUT2D eigenvalue weighted by Crippen LogP contribution is -2.45. The van der Waals surface area contributed by atoms with Crippen molar-refractivity contribution in [3.63, 3.8) is 0 Å². The van der Waals surface area contributed by atoms with E-state index in [0.29, 0.717) is 0 Å². The van der Waals surface area contributed by atoms with Gasteiger partial charge in [-0.05, 0) is 65.2 Å². The fourth-order valence-corrected chi connectivity index (χ4v) is 7.68. The van der Waals surface area contributed by atoms with Gasteiger partial charge in [-0.3, -0.25) is 5.32 Å². The van der Waals surface area contributed by atoms with Crippen molar-refractivity contribution in [3.8, 4) is 11.1 Å². The highest BCUT2D eigenvalue weighted by Gasteiger charge is 2.28. The van der Waals surface area contributed by atoms with Crippen LogP contribution in [0.15, 0.2) is 170 Å². The normalized spacial score (nSPS) is 16.4. The molecule has 0 aliphatic carbocycles. The van der Waals surface area contributed by atoms with Crippen LogP contribution < -0.4 is 10.6 Å². The molecule has 0 saturated carbocycles. The van der Waals surface area contributed by atoms with Crippen LogP contribution in [0.1, 0.15) is 29.0 Å². The topological polar surface area (TPSA) is 75.8 Å². The Labute approximate surface area is 291 Å². The molecule has 2 unspecified atom stereocenters. The highest BCUT2D eigenvalue weighted by atomic mass is 16.3. The summed E-state index contributed by atoms with van der Waals surface area (Å²) in [5, 5.41) is 14.0. The number of nitrogens with zero attached hydrogens (tertiary/aromatic N) is 1. The van der Waals surface area contributed by atoms with Gasteiger partial charge in [0.15, 0.2) is 0 Å². The summed E-state index contributed by atoms with van der Waals surface area (Å²) in [6.07, 6.45) is -0.563. The van der Waals surface area contributed by atoms with Crippen molar-refractivity contribution in [2.24, 2.45) is 4.99 Å². The maximum atomic E-state index is 6.75. The van der Waals surface area contributed by atoms with Gasteiger partial charge in [-0.15, -0.1) is 0 Å². The number of nitrogens with one attached hydrogen (secondary N) is 2. The largest absolute Gasteiger partial charge is 0.456 e. The molecule has 51 heavy (non-hydrogen) atoms. The summed E-state index contributed by atoms with van der Waals surface area (Å²) >= 11 is 0. The van der Waals surface area contributed by atoms with Crippen LogP contribution in [0.25, 0.3) is 76.9 Å². The molecule has 2 atom stereocenters. The van der Waals surface area contributed by atoms with E-state index >= 15 is 0 Å². The van der Waals surface area contributed by atoms with Crippen molar-refractivity contribution in [3.05, 3.63) is 168 Å². The number of fused-ring (bicyclic) bond motifs is 9. The van der Waals surface area contributed by atoms with Crippen LogP contribution in [-0.4, -0.2) is 5.84 Å². The fourth-order valence-electron chi connectivity index (χ4n) is 7.68. The van der Waals surface area contributed by atoms with E-state index in [0.717, 1.165) is 99.5 Å². The molecule has 6 heteroatoms. The molecule has 0 radical (unpaired) electrons. The number of hydrogen-bond donors (Lipinski definition) is 2. The highest BCUT2D eigenvalue weighted by Crippen LogP contribution is 2.38. The molecule has 242 valence electrons. The van der Waals surface area contributed by atoms with Crippen LogP contribution in [0.3, 0.4) is 0 Å². The Kier molecular flexibility index (Phi) is 6.05. The molecule has 3 aromatic heterocycles. The summed E-state index contributed by atoms with van der Waals surface area (Å²) in [5.74, 6) is 0.784. The third-order valence-electron chi connectivity index (χ3n) is 10.2. The molecule has 1 aliphatic heterocycles. The molecule has 6 nitrogen and oxygen atoms in total. The summed E-state index contributed by atoms with van der Waals surface area (Å²) in [5.41, 5.74) is 10.3. The maximum Gasteiger partial charge on any atom is 0.142 e. The number of benzene rings is 7. The quantitative estimate of drug-likeness (QED) is 0.197.